The smallest absolute Gasteiger partial charge is 0.231 e. The van der Waals surface area contributed by atoms with E-state index < -0.39 is 0 Å². The first kappa shape index (κ1) is 33.4. The van der Waals surface area contributed by atoms with Crippen LogP contribution in [0.3, 0.4) is 0 Å². The van der Waals surface area contributed by atoms with Crippen LogP contribution in [0.1, 0.15) is 29.5 Å². The van der Waals surface area contributed by atoms with Crippen molar-refractivity contribution in [3.63, 3.8) is 0 Å². The maximum Gasteiger partial charge on any atom is 0.231 e. The van der Waals surface area contributed by atoms with Crippen LogP contribution >= 0.6 is 0 Å². The van der Waals surface area contributed by atoms with Crippen LogP contribution in [-0.2, 0) is 0 Å². The average Bonchev–Trinajstić information content (AvgIpc) is 4.20. The normalized spacial score (nSPS) is 18.2. The number of allylic oxidation sites excluding steroid dienone is 2. The predicted octanol–water partition coefficient (Wildman–Crippen LogP) is 13.3. The minimum atomic E-state index is 0.0000735. The van der Waals surface area contributed by atoms with E-state index in [1.807, 2.05) is 0 Å². The van der Waals surface area contributed by atoms with Crippen LogP contribution < -0.4 is 10.9 Å². The van der Waals surface area contributed by atoms with Crippen molar-refractivity contribution >= 4 is 128 Å². The molecule has 14 aromatic rings. The molecule has 302 valence electrons. The highest BCUT2D eigenvalue weighted by atomic mass is 16.3. The van der Waals surface area contributed by atoms with Crippen LogP contribution in [0.2, 0.25) is 5.82 Å². The Balaban J connectivity index is 1.15. The largest absolute Gasteiger partial charge is 0.456 e. The minimum absolute atomic E-state index is 0.0000735. The molecule has 8 aromatic carbocycles. The van der Waals surface area contributed by atoms with Gasteiger partial charge in [0.15, 0.2) is 0 Å². The molecule has 2 aliphatic heterocycles. The molecule has 3 aliphatic rings. The fourth-order valence-electron chi connectivity index (χ4n) is 13.5. The summed E-state index contributed by atoms with van der Waals surface area (Å²) in [6.07, 6.45) is 0.900. The summed E-state index contributed by atoms with van der Waals surface area (Å²) in [5.41, 5.74) is 21.8. The van der Waals surface area contributed by atoms with Gasteiger partial charge in [-0.25, -0.2) is 0 Å². The zero-order chi connectivity index (χ0) is 41.8. The lowest BCUT2D eigenvalue weighted by atomic mass is 9.28. The lowest BCUT2D eigenvalue weighted by molar-refractivity contribution is 0.420. The predicted molar refractivity (Wildman–Crippen MR) is 267 cm³/mol. The van der Waals surface area contributed by atoms with E-state index in [9.17, 15) is 0 Å². The van der Waals surface area contributed by atoms with E-state index in [0.717, 1.165) is 50.3 Å². The Bertz CT molecular complexity index is 4480. The van der Waals surface area contributed by atoms with Crippen LogP contribution in [0.4, 0.5) is 0 Å². The van der Waals surface area contributed by atoms with Crippen LogP contribution in [0.5, 0.6) is 0 Å². The lowest BCUT2D eigenvalue weighted by Crippen LogP contribution is -2.57. The number of hydrogen-bond acceptors (Lipinski definition) is 2. The molecule has 0 fully saturated rings. The summed E-state index contributed by atoms with van der Waals surface area (Å²) in [6, 6.07) is 67.6. The van der Waals surface area contributed by atoms with Gasteiger partial charge in [0.1, 0.15) is 33.6 Å². The van der Waals surface area contributed by atoms with Crippen LogP contribution in [-0.4, -0.2) is 24.6 Å². The molecule has 1 aliphatic carbocycles. The molecule has 8 heterocycles. The van der Waals surface area contributed by atoms with Gasteiger partial charge < -0.3 is 13.4 Å². The Morgan fingerprint density at radius 1 is 0.431 bits per heavy atom. The molecule has 7 heteroatoms. The maximum atomic E-state index is 6.70. The third-order valence-electron chi connectivity index (χ3n) is 15.8. The Morgan fingerprint density at radius 3 is 1.62 bits per heavy atom. The van der Waals surface area contributed by atoms with Gasteiger partial charge in [0.25, 0.3) is 0 Å². The summed E-state index contributed by atoms with van der Waals surface area (Å²) in [4.78, 5) is 0. The van der Waals surface area contributed by atoms with Crippen LogP contribution in [0.15, 0.2) is 191 Å². The fraction of sp³-hybridized carbons (Fsp3) is 0.0690. The zero-order valence-electron chi connectivity index (χ0n) is 34.9. The second kappa shape index (κ2) is 11.5. The molecule has 17 rings (SSSR count). The summed E-state index contributed by atoms with van der Waals surface area (Å²) in [6.45, 7) is 0.0000735. The van der Waals surface area contributed by atoms with Gasteiger partial charge in [-0.3, -0.25) is 13.4 Å². The van der Waals surface area contributed by atoms with Crippen molar-refractivity contribution in [3.8, 4) is 0 Å². The number of imidazole rings is 2. The van der Waals surface area contributed by atoms with Crippen molar-refractivity contribution in [1.29, 1.82) is 0 Å². The minimum Gasteiger partial charge on any atom is -0.456 e. The van der Waals surface area contributed by atoms with Gasteiger partial charge in [0.05, 0.1) is 33.1 Å². The van der Waals surface area contributed by atoms with Gasteiger partial charge in [-0.05, 0) is 93.3 Å². The Hall–Kier alpha value is -8.16. The number of nitrogens with zero attached hydrogens (tertiary/aromatic N) is 4. The molecule has 0 N–H and O–H groups in total. The van der Waals surface area contributed by atoms with Crippen molar-refractivity contribution in [2.75, 3.05) is 0 Å². The van der Waals surface area contributed by atoms with Crippen molar-refractivity contribution in [2.45, 2.75) is 24.2 Å². The number of aromatic nitrogens is 4. The third-order valence-corrected chi connectivity index (χ3v) is 15.8. The van der Waals surface area contributed by atoms with E-state index in [4.69, 9.17) is 8.83 Å². The lowest BCUT2D eigenvalue weighted by Gasteiger charge is -2.49. The first-order valence-corrected chi connectivity index (χ1v) is 22.9. The highest BCUT2D eigenvalue weighted by molar-refractivity contribution is 6.94. The number of para-hydroxylation sites is 6. The van der Waals surface area contributed by atoms with Crippen molar-refractivity contribution < 1.29 is 8.83 Å². The topological polar surface area (TPSA) is 45.0 Å². The summed E-state index contributed by atoms with van der Waals surface area (Å²) in [7, 11) is 0. The second-order valence-corrected chi connectivity index (χ2v) is 18.7. The van der Waals surface area contributed by atoms with Gasteiger partial charge >= 0.3 is 0 Å². The molecule has 0 spiro atoms. The van der Waals surface area contributed by atoms with Gasteiger partial charge in [-0.15, -0.1) is 0 Å². The van der Waals surface area contributed by atoms with E-state index in [2.05, 4.69) is 200 Å². The fourth-order valence-corrected chi connectivity index (χ4v) is 13.5. The SMILES string of the molecule is c1ccc(C2=C3C4B(c5c6cc7c(cc6n6c8ccccc8n3c56)oc3ccccc37)c3c5cc6c(cc5n5c7ccccc7n(c35)C4C(c3ccccc3)C2)oc2ccccc26)cc1. The average molecular weight is 831 g/mol. The molecular formula is C58H35BN4O2. The molecule has 0 amide bonds. The standard InChI is InChI=1S/C58H35BN4O2/c1-3-15-32(16-4-1)36-27-37(33-17-5-2-6-18-33)56-54-55(36)62-44-23-11-9-21-42(44)60-46-30-50-38(34-19-7-13-25-48(34)64-50)28-40(46)52(57(60)62)59(54)53-41-29-39-35-20-8-14-26-49(35)65-51(39)31-47(41)61-43-22-10-12-24-45(43)63(56)58(53)61/h1-26,28-31,36,54-55H,27H2. The molecule has 65 heavy (non-hydrogen) atoms. The van der Waals surface area contributed by atoms with E-state index in [-0.39, 0.29) is 24.5 Å². The molecule has 6 nitrogen and oxygen atoms in total. The van der Waals surface area contributed by atoms with E-state index in [1.54, 1.807) is 0 Å². The summed E-state index contributed by atoms with van der Waals surface area (Å²) < 4.78 is 24.0. The van der Waals surface area contributed by atoms with E-state index >= 15 is 0 Å². The molecule has 0 radical (unpaired) electrons. The van der Waals surface area contributed by atoms with Crippen LogP contribution in [0.25, 0.3) is 110 Å². The molecule has 3 unspecified atom stereocenters. The molecule has 3 atom stereocenters. The van der Waals surface area contributed by atoms with E-state index in [1.165, 1.54) is 88.5 Å². The van der Waals surface area contributed by atoms with E-state index in [0.29, 0.717) is 0 Å². The van der Waals surface area contributed by atoms with Gasteiger partial charge in [-0.1, -0.05) is 121 Å². The number of fused-ring (bicyclic) bond motifs is 22. The molecule has 0 saturated carbocycles. The Morgan fingerprint density at radius 2 is 0.954 bits per heavy atom. The maximum absolute atomic E-state index is 6.70. The summed E-state index contributed by atoms with van der Waals surface area (Å²) in [5.74, 6) is 0.249. The molecule has 0 saturated heterocycles. The summed E-state index contributed by atoms with van der Waals surface area (Å²) >= 11 is 0. The number of furan rings is 2. The monoisotopic (exact) mass is 830 g/mol. The third kappa shape index (κ3) is 3.90. The number of benzene rings is 8. The van der Waals surface area contributed by atoms with Crippen molar-refractivity contribution in [1.82, 2.24) is 17.9 Å². The first-order chi connectivity index (χ1) is 32.3. The quantitative estimate of drug-likeness (QED) is 0.163. The first-order valence-electron chi connectivity index (χ1n) is 22.9. The highest BCUT2D eigenvalue weighted by Crippen LogP contribution is 2.61. The number of rotatable bonds is 2. The molecule has 0 bridgehead atoms. The summed E-state index contributed by atoms with van der Waals surface area (Å²) in [5, 5.41) is 7.19. The highest BCUT2D eigenvalue weighted by Gasteiger charge is 2.56. The van der Waals surface area contributed by atoms with Gasteiger partial charge in [0.2, 0.25) is 6.71 Å². The number of hydrogen-bond donors (Lipinski definition) is 0. The van der Waals surface area contributed by atoms with Crippen LogP contribution in [0, 0.1) is 0 Å². The van der Waals surface area contributed by atoms with Crippen molar-refractivity contribution in [2.24, 2.45) is 0 Å². The zero-order valence-corrected chi connectivity index (χ0v) is 34.9. The molecular weight excluding hydrogens is 795 g/mol. The van der Waals surface area contributed by atoms with Gasteiger partial charge in [-0.2, -0.15) is 0 Å². The Kier molecular flexibility index (Phi) is 5.91. The van der Waals surface area contributed by atoms with Gasteiger partial charge in [0, 0.05) is 57.2 Å². The molecule has 6 aromatic heterocycles. The van der Waals surface area contributed by atoms with Crippen molar-refractivity contribution in [3.05, 3.63) is 193 Å². The Labute approximate surface area is 370 Å². The second-order valence-electron chi connectivity index (χ2n) is 18.7.